The fourth-order valence-corrected chi connectivity index (χ4v) is 2.73. The molecule has 1 fully saturated rings. The molecule has 0 aliphatic heterocycles. The Balaban J connectivity index is 2.57. The van der Waals surface area contributed by atoms with Gasteiger partial charge in [-0.25, -0.2) is 0 Å². The van der Waals surface area contributed by atoms with Crippen LogP contribution in [0, 0.1) is 11.8 Å². The predicted molar refractivity (Wildman–Crippen MR) is 82.2 cm³/mol. The monoisotopic (exact) mass is 299 g/mol. The highest BCUT2D eigenvalue weighted by atomic mass is 16.2. The van der Waals surface area contributed by atoms with E-state index in [0.717, 1.165) is 25.7 Å². The number of nitrogens with two attached hydrogens (primary N) is 3. The fraction of sp³-hybridized carbons (Fsp3) is 0.857. The van der Waals surface area contributed by atoms with E-state index < -0.39 is 5.92 Å². The number of hydrogen-bond acceptors (Lipinski definition) is 5. The maximum absolute atomic E-state index is 12.2. The van der Waals surface area contributed by atoms with E-state index in [9.17, 15) is 9.59 Å². The molecule has 0 aromatic carbocycles. The molecule has 1 rings (SSSR count). The number of carbonyl (C=O) groups excluding carboxylic acids is 2. The Hall–Kier alpha value is -1.18. The van der Waals surface area contributed by atoms with E-state index in [1.165, 1.54) is 0 Å². The van der Waals surface area contributed by atoms with Crippen LogP contribution < -0.4 is 27.8 Å². The topological polar surface area (TPSA) is 136 Å². The summed E-state index contributed by atoms with van der Waals surface area (Å²) < 4.78 is 0. The molecular weight excluding hydrogens is 270 g/mol. The second kappa shape index (κ2) is 9.70. The first-order valence-electron chi connectivity index (χ1n) is 7.79. The van der Waals surface area contributed by atoms with Gasteiger partial charge in [-0.15, -0.1) is 0 Å². The van der Waals surface area contributed by atoms with Crippen molar-refractivity contribution in [3.63, 3.8) is 0 Å². The Morgan fingerprint density at radius 2 is 1.43 bits per heavy atom. The molecule has 0 radical (unpaired) electrons. The van der Waals surface area contributed by atoms with Crippen molar-refractivity contribution < 1.29 is 9.59 Å². The van der Waals surface area contributed by atoms with Crippen LogP contribution in [0.4, 0.5) is 0 Å². The summed E-state index contributed by atoms with van der Waals surface area (Å²) in [5.74, 6) is -0.779. The molecule has 0 bridgehead atoms. The largest absolute Gasteiger partial charge is 0.354 e. The summed E-state index contributed by atoms with van der Waals surface area (Å²) in [4.78, 5) is 24.3. The lowest BCUT2D eigenvalue weighted by Crippen LogP contribution is -2.45. The van der Waals surface area contributed by atoms with Crippen LogP contribution in [0.2, 0.25) is 0 Å². The quantitative estimate of drug-likeness (QED) is 0.353. The second-order valence-corrected chi connectivity index (χ2v) is 5.73. The lowest BCUT2D eigenvalue weighted by molar-refractivity contribution is -0.136. The Morgan fingerprint density at radius 1 is 0.952 bits per heavy atom. The Labute approximate surface area is 126 Å². The summed E-state index contributed by atoms with van der Waals surface area (Å²) in [6.45, 7) is 1.49. The van der Waals surface area contributed by atoms with Crippen LogP contribution in [0.15, 0.2) is 0 Å². The predicted octanol–water partition coefficient (Wildman–Crippen LogP) is -1.34. The van der Waals surface area contributed by atoms with Crippen molar-refractivity contribution >= 4 is 11.8 Å². The van der Waals surface area contributed by atoms with E-state index >= 15 is 0 Å². The molecule has 0 aromatic rings. The van der Waals surface area contributed by atoms with Crippen molar-refractivity contribution in [3.8, 4) is 0 Å². The number of carbonyl (C=O) groups is 2. The van der Waals surface area contributed by atoms with Gasteiger partial charge in [-0.2, -0.15) is 0 Å². The van der Waals surface area contributed by atoms with E-state index in [1.54, 1.807) is 0 Å². The van der Waals surface area contributed by atoms with Crippen molar-refractivity contribution in [2.24, 2.45) is 29.0 Å². The van der Waals surface area contributed by atoms with Gasteiger partial charge in [0, 0.05) is 32.2 Å². The first kappa shape index (κ1) is 17.9. The Kier molecular flexibility index (Phi) is 8.26. The number of hydrogen-bond donors (Lipinski definition) is 5. The van der Waals surface area contributed by atoms with Crippen LogP contribution in [0.3, 0.4) is 0 Å². The van der Waals surface area contributed by atoms with E-state index in [0.29, 0.717) is 38.5 Å². The highest BCUT2D eigenvalue weighted by molar-refractivity contribution is 6.00. The smallest absolute Gasteiger partial charge is 0.232 e. The molecule has 0 saturated heterocycles. The zero-order valence-corrected chi connectivity index (χ0v) is 12.6. The molecule has 0 atom stereocenters. The minimum atomic E-state index is -0.664. The second-order valence-electron chi connectivity index (χ2n) is 5.73. The zero-order chi connectivity index (χ0) is 15.7. The van der Waals surface area contributed by atoms with Gasteiger partial charge in [-0.3, -0.25) is 9.59 Å². The number of rotatable bonds is 8. The van der Waals surface area contributed by atoms with Crippen LogP contribution in [-0.4, -0.2) is 44.0 Å². The molecule has 2 amide bonds. The van der Waals surface area contributed by atoms with Crippen molar-refractivity contribution in [2.45, 2.75) is 38.1 Å². The van der Waals surface area contributed by atoms with Crippen molar-refractivity contribution in [2.75, 3.05) is 26.2 Å². The van der Waals surface area contributed by atoms with Gasteiger partial charge >= 0.3 is 0 Å². The molecule has 1 aliphatic rings. The average molecular weight is 299 g/mol. The van der Waals surface area contributed by atoms with E-state index in [1.807, 2.05) is 0 Å². The van der Waals surface area contributed by atoms with Crippen molar-refractivity contribution in [3.05, 3.63) is 0 Å². The molecule has 122 valence electrons. The first-order valence-corrected chi connectivity index (χ1v) is 7.79. The molecule has 21 heavy (non-hydrogen) atoms. The lowest BCUT2D eigenvalue weighted by atomic mass is 9.80. The average Bonchev–Trinajstić information content (AvgIpc) is 2.49. The van der Waals surface area contributed by atoms with Crippen LogP contribution in [0.1, 0.15) is 32.1 Å². The van der Waals surface area contributed by atoms with Gasteiger partial charge in [0.15, 0.2) is 0 Å². The van der Waals surface area contributed by atoms with Crippen molar-refractivity contribution in [1.82, 2.24) is 10.6 Å². The Morgan fingerprint density at radius 3 is 1.86 bits per heavy atom. The molecule has 7 nitrogen and oxygen atoms in total. The molecule has 1 aliphatic carbocycles. The standard InChI is InChI=1S/C14H29N5O2/c15-5-7-18-13(20)12(14(21)19-8-6-16)9-10-1-3-11(17)4-2-10/h10-12H,1-9,15-17H2,(H,18,20)(H,19,21). The molecule has 1 saturated carbocycles. The molecule has 8 N–H and O–H groups in total. The summed E-state index contributed by atoms with van der Waals surface area (Å²) in [5.41, 5.74) is 16.7. The highest BCUT2D eigenvalue weighted by Gasteiger charge is 2.30. The third-order valence-electron chi connectivity index (χ3n) is 3.98. The minimum absolute atomic E-state index is 0.246. The normalized spacial score (nSPS) is 22.1. The van der Waals surface area contributed by atoms with Crippen LogP contribution in [-0.2, 0) is 9.59 Å². The Bertz CT molecular complexity index is 309. The molecular formula is C14H29N5O2. The molecule has 0 spiro atoms. The molecule has 7 heteroatoms. The maximum Gasteiger partial charge on any atom is 0.232 e. The van der Waals surface area contributed by atoms with Gasteiger partial charge in [-0.1, -0.05) is 0 Å². The van der Waals surface area contributed by atoms with Gasteiger partial charge in [0.05, 0.1) is 0 Å². The summed E-state index contributed by atoms with van der Waals surface area (Å²) in [6.07, 6.45) is 4.45. The molecule has 0 aromatic heterocycles. The van der Waals surface area contributed by atoms with E-state index in [4.69, 9.17) is 17.2 Å². The van der Waals surface area contributed by atoms with Crippen LogP contribution in [0.25, 0.3) is 0 Å². The lowest BCUT2D eigenvalue weighted by Gasteiger charge is -2.28. The van der Waals surface area contributed by atoms with Gasteiger partial charge in [0.25, 0.3) is 0 Å². The SMILES string of the molecule is NCCNC(=O)C(CC1CCC(N)CC1)C(=O)NCCN. The van der Waals surface area contributed by atoms with E-state index in [2.05, 4.69) is 10.6 Å². The van der Waals surface area contributed by atoms with Crippen molar-refractivity contribution in [1.29, 1.82) is 0 Å². The van der Waals surface area contributed by atoms with Gasteiger partial charge in [-0.05, 0) is 38.0 Å². The third kappa shape index (κ3) is 6.41. The molecule has 0 heterocycles. The number of nitrogens with one attached hydrogen (secondary N) is 2. The van der Waals surface area contributed by atoms with Crippen LogP contribution >= 0.6 is 0 Å². The summed E-state index contributed by atoms with van der Waals surface area (Å²) >= 11 is 0. The van der Waals surface area contributed by atoms with Gasteiger partial charge < -0.3 is 27.8 Å². The summed E-state index contributed by atoms with van der Waals surface area (Å²) in [7, 11) is 0. The third-order valence-corrected chi connectivity index (χ3v) is 3.98. The minimum Gasteiger partial charge on any atom is -0.354 e. The fourth-order valence-electron chi connectivity index (χ4n) is 2.73. The summed E-state index contributed by atoms with van der Waals surface area (Å²) in [6, 6.07) is 0.261. The van der Waals surface area contributed by atoms with Crippen LogP contribution in [0.5, 0.6) is 0 Å². The van der Waals surface area contributed by atoms with Gasteiger partial charge in [0.1, 0.15) is 5.92 Å². The highest BCUT2D eigenvalue weighted by Crippen LogP contribution is 2.29. The zero-order valence-electron chi connectivity index (χ0n) is 12.6. The number of amides is 2. The van der Waals surface area contributed by atoms with Gasteiger partial charge in [0.2, 0.25) is 11.8 Å². The molecule has 0 unspecified atom stereocenters. The summed E-state index contributed by atoms with van der Waals surface area (Å²) in [5, 5.41) is 5.41. The first-order chi connectivity index (χ1) is 10.1. The maximum atomic E-state index is 12.2. The van der Waals surface area contributed by atoms with E-state index in [-0.39, 0.29) is 17.9 Å².